The van der Waals surface area contributed by atoms with Crippen molar-refractivity contribution in [3.63, 3.8) is 0 Å². The number of hydrogen-bond donors (Lipinski definition) is 0. The van der Waals surface area contributed by atoms with Gasteiger partial charge in [0.1, 0.15) is 0 Å². The third kappa shape index (κ3) is 2.20. The highest BCUT2D eigenvalue weighted by Gasteiger charge is 2.10. The molecular formula is C14H11Cl2N3. The fraction of sp³-hybridized carbons (Fsp3) is 0.143. The van der Waals surface area contributed by atoms with Crippen LogP contribution in [-0.4, -0.2) is 14.8 Å². The largest absolute Gasteiger partial charge is 0.232 e. The molecule has 0 atom stereocenters. The minimum absolute atomic E-state index is 0.367. The van der Waals surface area contributed by atoms with Crippen molar-refractivity contribution in [3.05, 3.63) is 52.9 Å². The molecule has 0 amide bonds. The van der Waals surface area contributed by atoms with E-state index >= 15 is 0 Å². The van der Waals surface area contributed by atoms with Crippen LogP contribution in [0.3, 0.4) is 0 Å². The topological polar surface area (TPSA) is 30.7 Å². The summed E-state index contributed by atoms with van der Waals surface area (Å²) in [6.45, 7) is 1.87. The van der Waals surface area contributed by atoms with Crippen LogP contribution in [0.4, 0.5) is 0 Å². The van der Waals surface area contributed by atoms with Gasteiger partial charge in [-0.05, 0) is 18.4 Å². The molecule has 0 fully saturated rings. The van der Waals surface area contributed by atoms with Gasteiger partial charge in [0.2, 0.25) is 0 Å². The van der Waals surface area contributed by atoms with Crippen molar-refractivity contribution in [2.75, 3.05) is 0 Å². The summed E-state index contributed by atoms with van der Waals surface area (Å²) in [5.74, 6) is 1.12. The molecule has 0 unspecified atom stereocenters. The molecule has 3 rings (SSSR count). The van der Waals surface area contributed by atoms with Crippen LogP contribution in [0.25, 0.3) is 16.6 Å². The molecule has 0 saturated heterocycles. The van der Waals surface area contributed by atoms with Crippen molar-refractivity contribution in [2.24, 2.45) is 0 Å². The first-order valence-corrected chi connectivity index (χ1v) is 6.77. The molecule has 0 aliphatic rings. The summed E-state index contributed by atoms with van der Waals surface area (Å²) in [4.78, 5) is 4.55. The van der Waals surface area contributed by atoms with Gasteiger partial charge in [0.15, 0.2) is 5.82 Å². The maximum Gasteiger partial charge on any atom is 0.161 e. The first kappa shape index (κ1) is 12.5. The van der Waals surface area contributed by atoms with Gasteiger partial charge in [-0.3, -0.25) is 0 Å². The summed E-state index contributed by atoms with van der Waals surface area (Å²) < 4.78 is 1.70. The molecule has 3 aromatic rings. The van der Waals surface area contributed by atoms with Gasteiger partial charge in [0, 0.05) is 5.39 Å². The van der Waals surface area contributed by atoms with Gasteiger partial charge in [-0.15, -0.1) is 11.6 Å². The number of pyridine rings is 1. The summed E-state index contributed by atoms with van der Waals surface area (Å²) in [6, 6.07) is 10.0. The Bertz CT molecular complexity index is 730. The summed E-state index contributed by atoms with van der Waals surface area (Å²) in [7, 11) is 0. The number of halogens is 2. The zero-order chi connectivity index (χ0) is 13.4. The number of rotatable bonds is 2. The normalized spacial score (nSPS) is 11.1. The Balaban J connectivity index is 2.32. The molecule has 0 bridgehead atoms. The molecule has 5 heteroatoms. The second-order valence-corrected chi connectivity index (χ2v) is 4.97. The van der Waals surface area contributed by atoms with E-state index < -0.39 is 0 Å². The van der Waals surface area contributed by atoms with Crippen molar-refractivity contribution in [1.29, 1.82) is 0 Å². The molecule has 0 aliphatic heterocycles. The molecular weight excluding hydrogens is 281 g/mol. The molecule has 0 N–H and O–H groups in total. The molecule has 1 aromatic carbocycles. The molecule has 2 heterocycles. The van der Waals surface area contributed by atoms with Crippen LogP contribution < -0.4 is 0 Å². The highest BCUT2D eigenvalue weighted by Crippen LogP contribution is 2.24. The van der Waals surface area contributed by atoms with Gasteiger partial charge in [-0.2, -0.15) is 5.10 Å². The number of fused-ring (bicyclic) bond motifs is 1. The second kappa shape index (κ2) is 4.83. The Morgan fingerprint density at radius 1 is 1.26 bits per heavy atom. The minimum Gasteiger partial charge on any atom is -0.232 e. The van der Waals surface area contributed by atoms with Crippen LogP contribution in [0.2, 0.25) is 5.02 Å². The van der Waals surface area contributed by atoms with Crippen molar-refractivity contribution in [3.8, 4) is 5.82 Å². The Hall–Kier alpha value is -1.58. The predicted octanol–water partition coefficient (Wildman–Crippen LogP) is 4.12. The van der Waals surface area contributed by atoms with Gasteiger partial charge in [0.05, 0.1) is 28.5 Å². The molecule has 0 spiro atoms. The number of benzene rings is 1. The smallest absolute Gasteiger partial charge is 0.161 e. The molecule has 2 aromatic heterocycles. The lowest BCUT2D eigenvalue weighted by Gasteiger charge is -2.07. The van der Waals surface area contributed by atoms with Crippen LogP contribution in [-0.2, 0) is 5.88 Å². The molecule has 96 valence electrons. The highest BCUT2D eigenvalue weighted by atomic mass is 35.5. The van der Waals surface area contributed by atoms with E-state index in [9.17, 15) is 0 Å². The predicted molar refractivity (Wildman–Crippen MR) is 78.2 cm³/mol. The second-order valence-electron chi connectivity index (χ2n) is 4.30. The first-order valence-electron chi connectivity index (χ1n) is 5.86. The third-order valence-corrected chi connectivity index (χ3v) is 3.61. The quantitative estimate of drug-likeness (QED) is 0.665. The van der Waals surface area contributed by atoms with Gasteiger partial charge in [-0.1, -0.05) is 35.9 Å². The summed E-state index contributed by atoms with van der Waals surface area (Å²) in [5, 5.41) is 7.13. The maximum atomic E-state index is 6.07. The van der Waals surface area contributed by atoms with E-state index in [-0.39, 0.29) is 0 Å². The Morgan fingerprint density at radius 3 is 2.74 bits per heavy atom. The van der Waals surface area contributed by atoms with Gasteiger partial charge >= 0.3 is 0 Å². The van der Waals surface area contributed by atoms with Gasteiger partial charge in [-0.25, -0.2) is 9.67 Å². The average molecular weight is 292 g/mol. The summed E-state index contributed by atoms with van der Waals surface area (Å²) >= 11 is 12.0. The van der Waals surface area contributed by atoms with Gasteiger partial charge < -0.3 is 0 Å². The van der Waals surface area contributed by atoms with Crippen LogP contribution in [0.5, 0.6) is 0 Å². The standard InChI is InChI=1S/C14H11Cl2N3/c1-9-13(16)8-19(18-9)14-12-5-3-2-4-10(12)6-11(7-15)17-14/h2-6,8H,7H2,1H3. The van der Waals surface area contributed by atoms with E-state index in [1.807, 2.05) is 37.3 Å². The van der Waals surface area contributed by atoms with E-state index in [1.54, 1.807) is 10.9 Å². The van der Waals surface area contributed by atoms with Crippen molar-refractivity contribution >= 4 is 34.0 Å². The highest BCUT2D eigenvalue weighted by molar-refractivity contribution is 6.31. The zero-order valence-corrected chi connectivity index (χ0v) is 11.8. The van der Waals surface area contributed by atoms with Crippen molar-refractivity contribution in [1.82, 2.24) is 14.8 Å². The van der Waals surface area contributed by atoms with Crippen molar-refractivity contribution in [2.45, 2.75) is 12.8 Å². The minimum atomic E-state index is 0.367. The number of aromatic nitrogens is 3. The van der Waals surface area contributed by atoms with E-state index in [1.165, 1.54) is 0 Å². The van der Waals surface area contributed by atoms with Crippen molar-refractivity contribution < 1.29 is 0 Å². The van der Waals surface area contributed by atoms with Crippen LogP contribution >= 0.6 is 23.2 Å². The average Bonchev–Trinajstić information content (AvgIpc) is 2.77. The molecule has 0 aliphatic carbocycles. The number of aryl methyl sites for hydroxylation is 1. The van der Waals surface area contributed by atoms with Gasteiger partial charge in [0.25, 0.3) is 0 Å². The first-order chi connectivity index (χ1) is 9.19. The molecule has 19 heavy (non-hydrogen) atoms. The lowest BCUT2D eigenvalue weighted by atomic mass is 10.1. The number of nitrogens with zero attached hydrogens (tertiary/aromatic N) is 3. The monoisotopic (exact) mass is 291 g/mol. The van der Waals surface area contributed by atoms with Crippen LogP contribution in [0.1, 0.15) is 11.4 Å². The molecule has 0 radical (unpaired) electrons. The SMILES string of the molecule is Cc1nn(-c2nc(CCl)cc3ccccc23)cc1Cl. The summed E-state index contributed by atoms with van der Waals surface area (Å²) in [5.41, 5.74) is 1.60. The Morgan fingerprint density at radius 2 is 2.05 bits per heavy atom. The van der Waals surface area contributed by atoms with E-state index in [0.717, 1.165) is 28.0 Å². The lowest BCUT2D eigenvalue weighted by molar-refractivity contribution is 0.834. The van der Waals surface area contributed by atoms with E-state index in [4.69, 9.17) is 23.2 Å². The number of hydrogen-bond acceptors (Lipinski definition) is 2. The maximum absolute atomic E-state index is 6.07. The molecule has 0 saturated carbocycles. The van der Waals surface area contributed by atoms with E-state index in [0.29, 0.717) is 10.9 Å². The lowest BCUT2D eigenvalue weighted by Crippen LogP contribution is -2.02. The fourth-order valence-electron chi connectivity index (χ4n) is 2.03. The zero-order valence-electron chi connectivity index (χ0n) is 10.3. The fourth-order valence-corrected chi connectivity index (χ4v) is 2.29. The van der Waals surface area contributed by atoms with E-state index in [2.05, 4.69) is 10.1 Å². The van der Waals surface area contributed by atoms with Crippen LogP contribution in [0.15, 0.2) is 36.5 Å². The number of alkyl halides is 1. The Labute approximate surface area is 120 Å². The summed E-state index contributed by atoms with van der Waals surface area (Å²) in [6.07, 6.45) is 1.77. The molecule has 3 nitrogen and oxygen atoms in total. The Kier molecular flexibility index (Phi) is 3.17. The van der Waals surface area contributed by atoms with Crippen LogP contribution in [0, 0.1) is 6.92 Å². The third-order valence-electron chi connectivity index (χ3n) is 2.97.